The molecule has 0 fully saturated rings. The van der Waals surface area contributed by atoms with Crippen molar-refractivity contribution in [3.63, 3.8) is 0 Å². The third kappa shape index (κ3) is 8.23. The van der Waals surface area contributed by atoms with Gasteiger partial charge in [0.25, 0.3) is 0 Å². The number of carboxylic acid groups (broad SMARTS) is 1. The molecule has 0 aromatic heterocycles. The number of carbonyl (C=O) groups excluding carboxylic acids is 1. The van der Waals surface area contributed by atoms with Crippen LogP contribution in [0.1, 0.15) is 33.6 Å². The van der Waals surface area contributed by atoms with E-state index in [0.717, 1.165) is 0 Å². The summed E-state index contributed by atoms with van der Waals surface area (Å²) in [5.74, 6) is -0.438. The van der Waals surface area contributed by atoms with Crippen LogP contribution >= 0.6 is 0 Å². The van der Waals surface area contributed by atoms with Gasteiger partial charge in [-0.25, -0.2) is 0 Å². The molecular weight excluding hydrogens is 208 g/mol. The second kappa shape index (κ2) is 8.10. The minimum atomic E-state index is -0.806. The number of nitrogens with one attached hydrogen (secondary N) is 2. The van der Waals surface area contributed by atoms with Crippen LogP contribution in [0, 0.1) is 5.92 Å². The highest BCUT2D eigenvalue weighted by Gasteiger charge is 2.09. The molecule has 16 heavy (non-hydrogen) atoms. The van der Waals surface area contributed by atoms with E-state index in [0.29, 0.717) is 18.9 Å². The van der Waals surface area contributed by atoms with Gasteiger partial charge in [0.2, 0.25) is 5.91 Å². The molecule has 3 N–H and O–H groups in total. The van der Waals surface area contributed by atoms with Crippen LogP contribution < -0.4 is 10.6 Å². The van der Waals surface area contributed by atoms with E-state index >= 15 is 0 Å². The van der Waals surface area contributed by atoms with Gasteiger partial charge < -0.3 is 15.7 Å². The van der Waals surface area contributed by atoms with Gasteiger partial charge in [0.1, 0.15) is 0 Å². The van der Waals surface area contributed by atoms with Gasteiger partial charge in [0.05, 0.1) is 6.54 Å². The lowest BCUT2D eigenvalue weighted by molar-refractivity contribution is -0.137. The molecule has 5 nitrogen and oxygen atoms in total. The lowest BCUT2D eigenvalue weighted by Crippen LogP contribution is -2.41. The molecule has 0 radical (unpaired) electrons. The van der Waals surface area contributed by atoms with Crippen molar-refractivity contribution in [1.29, 1.82) is 0 Å². The Kier molecular flexibility index (Phi) is 7.54. The highest BCUT2D eigenvalue weighted by Crippen LogP contribution is 1.98. The Bertz CT molecular complexity index is 229. The van der Waals surface area contributed by atoms with E-state index in [2.05, 4.69) is 10.6 Å². The van der Waals surface area contributed by atoms with Gasteiger partial charge in [0, 0.05) is 12.5 Å². The summed E-state index contributed by atoms with van der Waals surface area (Å²) >= 11 is 0. The Balaban J connectivity index is 3.47. The zero-order chi connectivity index (χ0) is 12.6. The maximum atomic E-state index is 11.4. The second-order valence-corrected chi connectivity index (χ2v) is 4.27. The fraction of sp³-hybridized carbons (Fsp3) is 0.818. The van der Waals surface area contributed by atoms with E-state index in [4.69, 9.17) is 5.11 Å². The lowest BCUT2D eigenvalue weighted by Gasteiger charge is -2.17. The van der Waals surface area contributed by atoms with Crippen LogP contribution in [0.4, 0.5) is 0 Å². The number of rotatable bonds is 8. The molecule has 5 heteroatoms. The van der Waals surface area contributed by atoms with Crippen LogP contribution in [-0.2, 0) is 9.59 Å². The van der Waals surface area contributed by atoms with Gasteiger partial charge in [0.15, 0.2) is 0 Å². The molecule has 0 saturated carbocycles. The molecule has 1 amide bonds. The molecule has 0 rings (SSSR count). The smallest absolute Gasteiger partial charge is 0.303 e. The second-order valence-electron chi connectivity index (χ2n) is 4.27. The number of carboxylic acids is 1. The van der Waals surface area contributed by atoms with E-state index in [1.165, 1.54) is 0 Å². The van der Waals surface area contributed by atoms with Crippen molar-refractivity contribution in [2.75, 3.05) is 13.1 Å². The number of aliphatic carboxylic acids is 1. The number of carbonyl (C=O) groups is 2. The van der Waals surface area contributed by atoms with Gasteiger partial charge >= 0.3 is 5.97 Å². The molecule has 0 bridgehead atoms. The molecule has 0 aliphatic rings. The molecular formula is C11H22N2O3. The number of amides is 1. The van der Waals surface area contributed by atoms with E-state index in [1.54, 1.807) is 0 Å². The van der Waals surface area contributed by atoms with Crippen LogP contribution in [0.25, 0.3) is 0 Å². The Morgan fingerprint density at radius 2 is 1.88 bits per heavy atom. The highest BCUT2D eigenvalue weighted by atomic mass is 16.4. The third-order valence-corrected chi connectivity index (χ3v) is 2.42. The summed E-state index contributed by atoms with van der Waals surface area (Å²) in [5.41, 5.74) is 0. The summed E-state index contributed by atoms with van der Waals surface area (Å²) in [6, 6.07) is 0.160. The van der Waals surface area contributed by atoms with Crippen molar-refractivity contribution in [2.45, 2.75) is 39.7 Å². The number of hydrogen-bond acceptors (Lipinski definition) is 3. The van der Waals surface area contributed by atoms with Crippen LogP contribution in [-0.4, -0.2) is 36.1 Å². The van der Waals surface area contributed by atoms with E-state index < -0.39 is 5.97 Å². The third-order valence-electron chi connectivity index (χ3n) is 2.42. The predicted molar refractivity (Wildman–Crippen MR) is 62.2 cm³/mol. The van der Waals surface area contributed by atoms with Crippen molar-refractivity contribution in [1.82, 2.24) is 10.6 Å². The Morgan fingerprint density at radius 3 is 2.38 bits per heavy atom. The molecule has 1 unspecified atom stereocenters. The largest absolute Gasteiger partial charge is 0.481 e. The first-order chi connectivity index (χ1) is 7.43. The minimum Gasteiger partial charge on any atom is -0.481 e. The van der Waals surface area contributed by atoms with Crippen molar-refractivity contribution >= 4 is 11.9 Å². The van der Waals surface area contributed by atoms with Gasteiger partial charge in [-0.15, -0.1) is 0 Å². The van der Waals surface area contributed by atoms with Gasteiger partial charge in [-0.2, -0.15) is 0 Å². The normalized spacial score (nSPS) is 12.5. The highest BCUT2D eigenvalue weighted by molar-refractivity contribution is 5.78. The van der Waals surface area contributed by atoms with Crippen molar-refractivity contribution in [2.24, 2.45) is 5.92 Å². The summed E-state index contributed by atoms with van der Waals surface area (Å²) < 4.78 is 0. The SMILES string of the molecule is CC(C)C(C)NC(=O)CNCCCC(=O)O. The summed E-state index contributed by atoms with van der Waals surface area (Å²) in [4.78, 5) is 21.6. The van der Waals surface area contributed by atoms with Crippen LogP contribution in [0.15, 0.2) is 0 Å². The zero-order valence-corrected chi connectivity index (χ0v) is 10.2. The number of hydrogen-bond donors (Lipinski definition) is 3. The fourth-order valence-electron chi connectivity index (χ4n) is 1.04. The fourth-order valence-corrected chi connectivity index (χ4v) is 1.04. The van der Waals surface area contributed by atoms with Gasteiger partial charge in [-0.1, -0.05) is 13.8 Å². The Labute approximate surface area is 96.6 Å². The van der Waals surface area contributed by atoms with Gasteiger partial charge in [-0.05, 0) is 25.8 Å². The summed E-state index contributed by atoms with van der Waals surface area (Å²) in [7, 11) is 0. The van der Waals surface area contributed by atoms with Crippen LogP contribution in [0.2, 0.25) is 0 Å². The van der Waals surface area contributed by atoms with Crippen molar-refractivity contribution < 1.29 is 14.7 Å². The van der Waals surface area contributed by atoms with Gasteiger partial charge in [-0.3, -0.25) is 9.59 Å². The monoisotopic (exact) mass is 230 g/mol. The summed E-state index contributed by atoms with van der Waals surface area (Å²) in [5, 5.41) is 14.2. The molecule has 0 aliphatic heterocycles. The lowest BCUT2D eigenvalue weighted by atomic mass is 10.1. The average molecular weight is 230 g/mol. The molecule has 94 valence electrons. The zero-order valence-electron chi connectivity index (χ0n) is 10.2. The first kappa shape index (κ1) is 14.9. The maximum absolute atomic E-state index is 11.4. The first-order valence-electron chi connectivity index (χ1n) is 5.65. The van der Waals surface area contributed by atoms with E-state index in [1.807, 2.05) is 20.8 Å². The maximum Gasteiger partial charge on any atom is 0.303 e. The molecule has 0 heterocycles. The van der Waals surface area contributed by atoms with E-state index in [-0.39, 0.29) is 24.9 Å². The standard InChI is InChI=1S/C11H22N2O3/c1-8(2)9(3)13-10(14)7-12-6-4-5-11(15)16/h8-9,12H,4-7H2,1-3H3,(H,13,14)(H,15,16). The average Bonchev–Trinajstić information content (AvgIpc) is 2.16. The summed E-state index contributed by atoms with van der Waals surface area (Å²) in [6.45, 7) is 6.86. The van der Waals surface area contributed by atoms with Crippen LogP contribution in [0.3, 0.4) is 0 Å². The minimum absolute atomic E-state index is 0.0449. The Hall–Kier alpha value is -1.10. The molecule has 0 aromatic rings. The molecule has 0 spiro atoms. The molecule has 1 atom stereocenters. The Morgan fingerprint density at radius 1 is 1.25 bits per heavy atom. The first-order valence-corrected chi connectivity index (χ1v) is 5.65. The van der Waals surface area contributed by atoms with E-state index in [9.17, 15) is 9.59 Å². The predicted octanol–water partition coefficient (Wildman–Crippen LogP) is 0.601. The quantitative estimate of drug-likeness (QED) is 0.534. The molecule has 0 saturated heterocycles. The van der Waals surface area contributed by atoms with Crippen LogP contribution in [0.5, 0.6) is 0 Å². The summed E-state index contributed by atoms with van der Waals surface area (Å²) in [6.07, 6.45) is 0.680. The molecule has 0 aliphatic carbocycles. The van der Waals surface area contributed by atoms with Crippen molar-refractivity contribution in [3.05, 3.63) is 0 Å². The molecule has 0 aromatic carbocycles. The van der Waals surface area contributed by atoms with Crippen molar-refractivity contribution in [3.8, 4) is 0 Å². The topological polar surface area (TPSA) is 78.4 Å².